The maximum Gasteiger partial charge on any atom is 0.147 e. The lowest BCUT2D eigenvalue weighted by Crippen LogP contribution is -2.32. The lowest BCUT2D eigenvalue weighted by atomic mass is 9.82. The molecule has 6 heteroatoms. The summed E-state index contributed by atoms with van der Waals surface area (Å²) >= 11 is 10.5. The van der Waals surface area contributed by atoms with E-state index in [1.54, 1.807) is 0 Å². The second kappa shape index (κ2) is 6.86. The van der Waals surface area contributed by atoms with Crippen molar-refractivity contribution in [3.63, 3.8) is 0 Å². The first-order valence-electron chi connectivity index (χ1n) is 5.39. The summed E-state index contributed by atoms with van der Waals surface area (Å²) in [4.78, 5) is 0. The molecule has 1 rings (SSSR count). The summed E-state index contributed by atoms with van der Waals surface area (Å²) in [6, 6.07) is 8.02. The van der Waals surface area contributed by atoms with Gasteiger partial charge in [0.2, 0.25) is 0 Å². The van der Waals surface area contributed by atoms with Crippen molar-refractivity contribution < 1.29 is 8.42 Å². The Morgan fingerprint density at radius 1 is 1.22 bits per heavy atom. The molecular weight excluding hydrogens is 448 g/mol. The fourth-order valence-corrected chi connectivity index (χ4v) is 4.96. The second-order valence-corrected chi connectivity index (χ2v) is 8.73. The van der Waals surface area contributed by atoms with Crippen LogP contribution < -0.4 is 0 Å². The molecule has 2 nitrogen and oxygen atoms in total. The van der Waals surface area contributed by atoms with Crippen LogP contribution in [0.2, 0.25) is 0 Å². The van der Waals surface area contributed by atoms with Gasteiger partial charge in [-0.05, 0) is 24.1 Å². The summed E-state index contributed by atoms with van der Waals surface area (Å²) in [5.41, 5.74) is 0.932. The molecule has 18 heavy (non-hydrogen) atoms. The average Bonchev–Trinajstić information content (AvgIpc) is 2.30. The van der Waals surface area contributed by atoms with Crippen molar-refractivity contribution >= 4 is 57.6 Å². The van der Waals surface area contributed by atoms with E-state index in [0.717, 1.165) is 20.7 Å². The average molecular weight is 463 g/mol. The summed E-state index contributed by atoms with van der Waals surface area (Å²) < 4.78 is 23.7. The number of alkyl halides is 2. The Morgan fingerprint density at radius 2 is 1.83 bits per heavy atom. The zero-order valence-electron chi connectivity index (χ0n) is 10.00. The first-order chi connectivity index (χ1) is 8.33. The van der Waals surface area contributed by atoms with Crippen molar-refractivity contribution in [3.8, 4) is 0 Å². The highest BCUT2D eigenvalue weighted by molar-refractivity contribution is 9.10. The van der Waals surface area contributed by atoms with Crippen LogP contribution in [0.1, 0.15) is 12.0 Å². The number of rotatable bonds is 6. The first kappa shape index (κ1) is 16.7. The lowest BCUT2D eigenvalue weighted by molar-refractivity contribution is 0.524. The molecule has 0 spiro atoms. The fraction of sp³-hybridized carbons (Fsp3) is 0.500. The molecule has 0 aliphatic rings. The molecule has 0 aliphatic heterocycles. The number of hydrogen-bond donors (Lipinski definition) is 0. The smallest absolute Gasteiger partial charge is 0.147 e. The van der Waals surface area contributed by atoms with Gasteiger partial charge in [-0.1, -0.05) is 59.9 Å². The van der Waals surface area contributed by atoms with E-state index in [-0.39, 0.29) is 11.2 Å². The van der Waals surface area contributed by atoms with Crippen LogP contribution in [0.4, 0.5) is 0 Å². The van der Waals surface area contributed by atoms with Crippen LogP contribution in [0.5, 0.6) is 0 Å². The van der Waals surface area contributed by atoms with Gasteiger partial charge < -0.3 is 0 Å². The van der Waals surface area contributed by atoms with Gasteiger partial charge in [0.1, 0.15) is 9.84 Å². The zero-order valence-corrected chi connectivity index (χ0v) is 15.6. The van der Waals surface area contributed by atoms with Gasteiger partial charge in [0.15, 0.2) is 0 Å². The van der Waals surface area contributed by atoms with Gasteiger partial charge in [0, 0.05) is 26.8 Å². The molecule has 0 fully saturated rings. The van der Waals surface area contributed by atoms with Gasteiger partial charge in [-0.25, -0.2) is 8.42 Å². The van der Waals surface area contributed by atoms with Gasteiger partial charge in [0.05, 0.1) is 5.75 Å². The number of hydrogen-bond acceptors (Lipinski definition) is 2. The van der Waals surface area contributed by atoms with Gasteiger partial charge in [0.25, 0.3) is 0 Å². The Balaban J connectivity index is 3.07. The molecule has 0 amide bonds. The van der Waals surface area contributed by atoms with Crippen molar-refractivity contribution in [3.05, 3.63) is 34.3 Å². The lowest BCUT2D eigenvalue weighted by Gasteiger charge is -2.30. The SMILES string of the molecule is CS(=O)(=O)CCC(CBr)(CBr)c1cccc(Br)c1. The van der Waals surface area contributed by atoms with E-state index < -0.39 is 9.84 Å². The number of sulfone groups is 1. The van der Waals surface area contributed by atoms with Gasteiger partial charge in [-0.2, -0.15) is 0 Å². The van der Waals surface area contributed by atoms with E-state index in [2.05, 4.69) is 47.8 Å². The van der Waals surface area contributed by atoms with Crippen LogP contribution in [0.15, 0.2) is 28.7 Å². The normalized spacial score (nSPS) is 12.7. The van der Waals surface area contributed by atoms with Crippen molar-refractivity contribution in [1.29, 1.82) is 0 Å². The molecule has 0 saturated heterocycles. The van der Waals surface area contributed by atoms with Crippen LogP contribution in [-0.4, -0.2) is 31.1 Å². The topological polar surface area (TPSA) is 34.1 Å². The van der Waals surface area contributed by atoms with E-state index in [0.29, 0.717) is 6.42 Å². The highest BCUT2D eigenvalue weighted by Gasteiger charge is 2.31. The monoisotopic (exact) mass is 460 g/mol. The Morgan fingerprint density at radius 3 is 2.28 bits per heavy atom. The van der Waals surface area contributed by atoms with Gasteiger partial charge in [-0.15, -0.1) is 0 Å². The van der Waals surface area contributed by atoms with E-state index in [4.69, 9.17) is 0 Å². The molecule has 1 aromatic carbocycles. The third kappa shape index (κ3) is 4.62. The maximum absolute atomic E-state index is 11.4. The Labute approximate surface area is 134 Å². The van der Waals surface area contributed by atoms with Crippen LogP contribution in [0, 0.1) is 0 Å². The molecule has 1 aromatic rings. The molecule has 0 N–H and O–H groups in total. The van der Waals surface area contributed by atoms with Crippen LogP contribution in [-0.2, 0) is 15.3 Å². The zero-order chi connectivity index (χ0) is 13.8. The largest absolute Gasteiger partial charge is 0.229 e. The standard InChI is InChI=1S/C12H15Br3O2S/c1-18(16,17)6-5-12(8-13,9-14)10-3-2-4-11(15)7-10/h2-4,7H,5-6,8-9H2,1H3. The summed E-state index contributed by atoms with van der Waals surface area (Å²) in [7, 11) is -2.95. The summed E-state index contributed by atoms with van der Waals surface area (Å²) in [5.74, 6) is 0.191. The van der Waals surface area contributed by atoms with E-state index in [9.17, 15) is 8.42 Å². The van der Waals surface area contributed by atoms with Crippen molar-refractivity contribution in [2.45, 2.75) is 11.8 Å². The molecule has 0 radical (unpaired) electrons. The Kier molecular flexibility index (Phi) is 6.35. The maximum atomic E-state index is 11.4. The van der Waals surface area contributed by atoms with E-state index in [1.807, 2.05) is 24.3 Å². The molecule has 0 atom stereocenters. The minimum Gasteiger partial charge on any atom is -0.229 e. The highest BCUT2D eigenvalue weighted by Crippen LogP contribution is 2.34. The number of benzene rings is 1. The van der Waals surface area contributed by atoms with Crippen LogP contribution in [0.25, 0.3) is 0 Å². The molecule has 0 unspecified atom stereocenters. The van der Waals surface area contributed by atoms with Gasteiger partial charge in [-0.3, -0.25) is 0 Å². The highest BCUT2D eigenvalue weighted by atomic mass is 79.9. The van der Waals surface area contributed by atoms with Crippen molar-refractivity contribution in [1.82, 2.24) is 0 Å². The molecule has 0 aromatic heterocycles. The number of halogens is 3. The quantitative estimate of drug-likeness (QED) is 0.600. The molecule has 0 aliphatic carbocycles. The van der Waals surface area contributed by atoms with Gasteiger partial charge >= 0.3 is 0 Å². The molecule has 0 heterocycles. The van der Waals surface area contributed by atoms with E-state index >= 15 is 0 Å². The molecular formula is C12H15Br3O2S. The van der Waals surface area contributed by atoms with Crippen LogP contribution >= 0.6 is 47.8 Å². The predicted octanol–water partition coefficient (Wildman–Crippen LogP) is 3.91. The summed E-state index contributed by atoms with van der Waals surface area (Å²) in [5, 5.41) is 1.44. The van der Waals surface area contributed by atoms with E-state index in [1.165, 1.54) is 6.26 Å². The van der Waals surface area contributed by atoms with Crippen molar-refractivity contribution in [2.24, 2.45) is 0 Å². The van der Waals surface area contributed by atoms with Crippen molar-refractivity contribution in [2.75, 3.05) is 22.7 Å². The Hall–Kier alpha value is 0.610. The van der Waals surface area contributed by atoms with Crippen LogP contribution in [0.3, 0.4) is 0 Å². The molecule has 0 saturated carbocycles. The minimum absolute atomic E-state index is 0.191. The predicted molar refractivity (Wildman–Crippen MR) is 87.7 cm³/mol. The fourth-order valence-electron chi connectivity index (χ4n) is 1.67. The molecule has 102 valence electrons. The third-order valence-electron chi connectivity index (χ3n) is 2.90. The summed E-state index contributed by atoms with van der Waals surface area (Å²) in [6.07, 6.45) is 1.87. The first-order valence-corrected chi connectivity index (χ1v) is 10.5. The third-order valence-corrected chi connectivity index (χ3v) is 6.49. The Bertz CT molecular complexity index is 496. The molecule has 0 bridgehead atoms. The minimum atomic E-state index is -2.95. The second-order valence-electron chi connectivity index (χ2n) is 4.44. The summed E-state index contributed by atoms with van der Waals surface area (Å²) in [6.45, 7) is 0.